The number of ether oxygens (including phenoxy) is 2. The van der Waals surface area contributed by atoms with Crippen LogP contribution in [0.4, 0.5) is 25.0 Å². The summed E-state index contributed by atoms with van der Waals surface area (Å²) >= 11 is 0. The van der Waals surface area contributed by atoms with Gasteiger partial charge < -0.3 is 20.1 Å². The molecule has 0 unspecified atom stereocenters. The molecule has 0 radical (unpaired) electrons. The summed E-state index contributed by atoms with van der Waals surface area (Å²) < 4.78 is 37.8. The number of anilines is 2. The van der Waals surface area contributed by atoms with E-state index in [1.54, 1.807) is 48.5 Å². The summed E-state index contributed by atoms with van der Waals surface area (Å²) in [6.07, 6.45) is -1.73. The lowest BCUT2D eigenvalue weighted by molar-refractivity contribution is -0.121. The van der Waals surface area contributed by atoms with Gasteiger partial charge >= 0.3 is 6.09 Å². The summed E-state index contributed by atoms with van der Waals surface area (Å²) in [6.45, 7) is -0.00975. The van der Waals surface area contributed by atoms with Crippen LogP contribution < -0.4 is 15.4 Å². The summed E-state index contributed by atoms with van der Waals surface area (Å²) in [5.74, 6) is -1.39. The molecular formula is C31H25F2N3O5. The number of benzene rings is 4. The Hall–Kier alpha value is -5.25. The Labute approximate surface area is 234 Å². The molecule has 4 aromatic rings. The molecule has 4 aromatic carbocycles. The molecule has 0 saturated carbocycles. The molecule has 5 rings (SSSR count). The molecule has 1 heterocycles. The molecule has 208 valence electrons. The second-order valence-corrected chi connectivity index (χ2v) is 9.28. The Morgan fingerprint density at radius 3 is 2.07 bits per heavy atom. The minimum absolute atomic E-state index is 0.00975. The number of nitrogens with one attached hydrogen (secondary N) is 2. The van der Waals surface area contributed by atoms with Crippen molar-refractivity contribution < 1.29 is 32.6 Å². The van der Waals surface area contributed by atoms with E-state index in [9.17, 15) is 23.2 Å². The van der Waals surface area contributed by atoms with Crippen molar-refractivity contribution >= 4 is 29.3 Å². The first-order chi connectivity index (χ1) is 19.8. The first-order valence-electron chi connectivity index (χ1n) is 12.6. The standard InChI is InChI=1S/C31H25F2N3O5/c1-40-26-5-3-2-4-25(26)29(37)34-23-14-8-20(9-15-23)28-27(30(38)35-24-16-12-22(33)13-17-24)36(31(39)41-28)18-19-6-10-21(32)11-7-19/h2-17,27-28H,18H2,1H3,(H,34,37)(H,35,38)/t27-,28+/m0/s1. The number of amides is 3. The van der Waals surface area contributed by atoms with E-state index in [0.29, 0.717) is 33.8 Å². The van der Waals surface area contributed by atoms with E-state index in [1.807, 2.05) is 0 Å². The van der Waals surface area contributed by atoms with Crippen LogP contribution in [0.15, 0.2) is 97.1 Å². The van der Waals surface area contributed by atoms with Gasteiger partial charge in [0, 0.05) is 11.4 Å². The largest absolute Gasteiger partial charge is 0.496 e. The number of carbonyl (C=O) groups excluding carboxylic acids is 3. The lowest BCUT2D eigenvalue weighted by Crippen LogP contribution is -2.43. The van der Waals surface area contributed by atoms with Gasteiger partial charge in [0.15, 0.2) is 12.1 Å². The van der Waals surface area contributed by atoms with E-state index in [-0.39, 0.29) is 12.5 Å². The highest BCUT2D eigenvalue weighted by Gasteiger charge is 2.47. The minimum Gasteiger partial charge on any atom is -0.496 e. The zero-order valence-corrected chi connectivity index (χ0v) is 21.8. The SMILES string of the molecule is COc1ccccc1C(=O)Nc1ccc([C@H]2OC(=O)N(Cc3ccc(F)cc3)[C@@H]2C(=O)Nc2ccc(F)cc2)cc1. The van der Waals surface area contributed by atoms with Gasteiger partial charge in [-0.05, 0) is 71.8 Å². The normalized spacial score (nSPS) is 16.2. The van der Waals surface area contributed by atoms with Crippen molar-refractivity contribution in [2.24, 2.45) is 0 Å². The molecule has 3 amide bonds. The van der Waals surface area contributed by atoms with Crippen LogP contribution in [0.3, 0.4) is 0 Å². The summed E-state index contributed by atoms with van der Waals surface area (Å²) in [4.78, 5) is 40.6. The number of para-hydroxylation sites is 1. The van der Waals surface area contributed by atoms with Crippen molar-refractivity contribution in [2.45, 2.75) is 18.7 Å². The van der Waals surface area contributed by atoms with Gasteiger partial charge in [-0.25, -0.2) is 13.6 Å². The molecule has 1 saturated heterocycles. The average molecular weight is 558 g/mol. The Morgan fingerprint density at radius 1 is 0.829 bits per heavy atom. The number of hydrogen-bond acceptors (Lipinski definition) is 5. The van der Waals surface area contributed by atoms with Gasteiger partial charge in [-0.2, -0.15) is 0 Å². The average Bonchev–Trinajstić information content (AvgIpc) is 3.31. The number of rotatable bonds is 8. The molecule has 0 spiro atoms. The Balaban J connectivity index is 1.39. The molecule has 1 aliphatic heterocycles. The van der Waals surface area contributed by atoms with E-state index >= 15 is 0 Å². The van der Waals surface area contributed by atoms with Gasteiger partial charge in [0.2, 0.25) is 0 Å². The van der Waals surface area contributed by atoms with Gasteiger partial charge in [-0.1, -0.05) is 36.4 Å². The minimum atomic E-state index is -1.10. The molecule has 0 bridgehead atoms. The fourth-order valence-electron chi connectivity index (χ4n) is 4.53. The van der Waals surface area contributed by atoms with Crippen LogP contribution >= 0.6 is 0 Å². The third-order valence-electron chi connectivity index (χ3n) is 6.58. The smallest absolute Gasteiger partial charge is 0.411 e. The van der Waals surface area contributed by atoms with Crippen molar-refractivity contribution in [3.05, 3.63) is 125 Å². The summed E-state index contributed by atoms with van der Waals surface area (Å²) in [5, 5.41) is 5.51. The number of cyclic esters (lactones) is 1. The lowest BCUT2D eigenvalue weighted by Gasteiger charge is -2.24. The first-order valence-corrected chi connectivity index (χ1v) is 12.6. The Morgan fingerprint density at radius 2 is 1.41 bits per heavy atom. The second-order valence-electron chi connectivity index (χ2n) is 9.28. The third kappa shape index (κ3) is 6.17. The third-order valence-corrected chi connectivity index (χ3v) is 6.58. The molecule has 1 aliphatic rings. The predicted molar refractivity (Wildman–Crippen MR) is 147 cm³/mol. The van der Waals surface area contributed by atoms with Crippen LogP contribution in [-0.2, 0) is 16.1 Å². The van der Waals surface area contributed by atoms with E-state index in [1.165, 1.54) is 60.5 Å². The highest BCUT2D eigenvalue weighted by Crippen LogP contribution is 2.35. The molecular weight excluding hydrogens is 532 g/mol. The fraction of sp³-hybridized carbons (Fsp3) is 0.129. The Kier molecular flexibility index (Phi) is 7.91. The summed E-state index contributed by atoms with van der Waals surface area (Å²) in [5.41, 5.74) is 2.28. The van der Waals surface area contributed by atoms with E-state index in [2.05, 4.69) is 10.6 Å². The molecule has 0 aromatic heterocycles. The van der Waals surface area contributed by atoms with Crippen molar-refractivity contribution in [1.29, 1.82) is 0 Å². The topological polar surface area (TPSA) is 97.0 Å². The highest BCUT2D eigenvalue weighted by molar-refractivity contribution is 6.06. The monoisotopic (exact) mass is 557 g/mol. The molecule has 10 heteroatoms. The first kappa shape index (κ1) is 27.3. The number of nitrogens with zero attached hydrogens (tertiary/aromatic N) is 1. The van der Waals surface area contributed by atoms with Crippen molar-refractivity contribution in [3.8, 4) is 5.75 Å². The van der Waals surface area contributed by atoms with E-state index in [0.717, 1.165) is 0 Å². The van der Waals surface area contributed by atoms with Crippen LogP contribution in [0.2, 0.25) is 0 Å². The van der Waals surface area contributed by atoms with E-state index in [4.69, 9.17) is 9.47 Å². The maximum atomic E-state index is 13.5. The zero-order valence-electron chi connectivity index (χ0n) is 21.8. The molecule has 41 heavy (non-hydrogen) atoms. The highest BCUT2D eigenvalue weighted by atomic mass is 19.1. The van der Waals surface area contributed by atoms with Crippen LogP contribution in [-0.4, -0.2) is 36.0 Å². The van der Waals surface area contributed by atoms with Crippen LogP contribution in [0, 0.1) is 11.6 Å². The van der Waals surface area contributed by atoms with Gasteiger partial charge in [0.1, 0.15) is 17.4 Å². The number of carbonyl (C=O) groups is 3. The molecule has 2 atom stereocenters. The van der Waals surface area contributed by atoms with Crippen LogP contribution in [0.1, 0.15) is 27.6 Å². The quantitative estimate of drug-likeness (QED) is 0.280. The Bertz CT molecular complexity index is 1560. The van der Waals surface area contributed by atoms with Crippen molar-refractivity contribution in [1.82, 2.24) is 4.90 Å². The number of halogens is 2. The predicted octanol–water partition coefficient (Wildman–Crippen LogP) is 5.93. The van der Waals surface area contributed by atoms with Gasteiger partial charge in [0.25, 0.3) is 11.8 Å². The van der Waals surface area contributed by atoms with E-state index < -0.39 is 35.8 Å². The van der Waals surface area contributed by atoms with Gasteiger partial charge in [-0.3, -0.25) is 14.5 Å². The van der Waals surface area contributed by atoms with Crippen molar-refractivity contribution in [2.75, 3.05) is 17.7 Å². The summed E-state index contributed by atoms with van der Waals surface area (Å²) in [7, 11) is 1.48. The number of methoxy groups -OCH3 is 1. The molecule has 2 N–H and O–H groups in total. The summed E-state index contributed by atoms with van der Waals surface area (Å²) in [6, 6.07) is 23.1. The lowest BCUT2D eigenvalue weighted by atomic mass is 10.00. The van der Waals surface area contributed by atoms with Gasteiger partial charge in [0.05, 0.1) is 19.2 Å². The zero-order chi connectivity index (χ0) is 28.9. The van der Waals surface area contributed by atoms with Crippen molar-refractivity contribution in [3.63, 3.8) is 0 Å². The maximum Gasteiger partial charge on any atom is 0.411 e. The van der Waals surface area contributed by atoms with Gasteiger partial charge in [-0.15, -0.1) is 0 Å². The molecule has 1 fully saturated rings. The molecule has 0 aliphatic carbocycles. The van der Waals surface area contributed by atoms with Crippen LogP contribution in [0.25, 0.3) is 0 Å². The number of hydrogen-bond donors (Lipinski definition) is 2. The fourth-order valence-corrected chi connectivity index (χ4v) is 4.53. The van der Waals surface area contributed by atoms with Crippen LogP contribution in [0.5, 0.6) is 5.75 Å². The molecule has 8 nitrogen and oxygen atoms in total. The maximum absolute atomic E-state index is 13.5. The second kappa shape index (κ2) is 11.9.